The number of nitro groups is 1. The molecule has 0 spiro atoms. The molecule has 1 saturated heterocycles. The number of nitrogens with two attached hydrogens (primary N) is 1. The van der Waals surface area contributed by atoms with Crippen molar-refractivity contribution in [2.24, 2.45) is 10.7 Å². The molecule has 6 nitrogen and oxygen atoms in total. The van der Waals surface area contributed by atoms with Crippen molar-refractivity contribution in [3.63, 3.8) is 0 Å². The summed E-state index contributed by atoms with van der Waals surface area (Å²) in [7, 11) is 0. The number of hydrogen-bond donors (Lipinski definition) is 1. The van der Waals surface area contributed by atoms with Crippen LogP contribution in [0.15, 0.2) is 23.2 Å². The standard InChI is InChI=1S/C13H17ClN4O2/c14-9-13(15)16-10-4-5-11(12(8-10)18(19)20)17-6-2-1-3-7-17/h4-5,8H,1-3,6-7,9H2,(H2,15,16). The molecule has 1 aliphatic rings. The van der Waals surface area contributed by atoms with Crippen LogP contribution in [0.1, 0.15) is 19.3 Å². The van der Waals surface area contributed by atoms with E-state index in [0.717, 1.165) is 25.9 Å². The first-order valence-electron chi connectivity index (χ1n) is 6.54. The summed E-state index contributed by atoms with van der Waals surface area (Å²) in [6.45, 7) is 1.71. The Morgan fingerprint density at radius 3 is 2.70 bits per heavy atom. The first-order valence-corrected chi connectivity index (χ1v) is 7.07. The highest BCUT2D eigenvalue weighted by Gasteiger charge is 2.21. The fourth-order valence-corrected chi connectivity index (χ4v) is 2.39. The third kappa shape index (κ3) is 3.39. The van der Waals surface area contributed by atoms with Crippen molar-refractivity contribution in [3.8, 4) is 0 Å². The number of alkyl halides is 1. The van der Waals surface area contributed by atoms with Gasteiger partial charge in [-0.1, -0.05) is 0 Å². The second-order valence-electron chi connectivity index (χ2n) is 4.71. The maximum atomic E-state index is 11.2. The lowest BCUT2D eigenvalue weighted by Gasteiger charge is -2.28. The summed E-state index contributed by atoms with van der Waals surface area (Å²) in [5, 5.41) is 11.2. The van der Waals surface area contributed by atoms with Crippen LogP contribution in [0.2, 0.25) is 0 Å². The van der Waals surface area contributed by atoms with Crippen molar-refractivity contribution < 1.29 is 4.92 Å². The smallest absolute Gasteiger partial charge is 0.294 e. The van der Waals surface area contributed by atoms with E-state index < -0.39 is 0 Å². The summed E-state index contributed by atoms with van der Waals surface area (Å²) in [5.74, 6) is 0.341. The van der Waals surface area contributed by atoms with E-state index in [1.807, 2.05) is 0 Å². The van der Waals surface area contributed by atoms with Crippen LogP contribution < -0.4 is 10.6 Å². The van der Waals surface area contributed by atoms with Gasteiger partial charge in [0.25, 0.3) is 5.69 Å². The molecule has 0 amide bonds. The highest BCUT2D eigenvalue weighted by Crippen LogP contribution is 2.33. The molecule has 0 radical (unpaired) electrons. The number of nitrogens with zero attached hydrogens (tertiary/aromatic N) is 3. The van der Waals surface area contributed by atoms with Crippen LogP contribution in [-0.2, 0) is 0 Å². The molecule has 20 heavy (non-hydrogen) atoms. The van der Waals surface area contributed by atoms with Gasteiger partial charge in [0.2, 0.25) is 0 Å². The van der Waals surface area contributed by atoms with Gasteiger partial charge in [-0.15, -0.1) is 11.6 Å². The van der Waals surface area contributed by atoms with E-state index in [4.69, 9.17) is 17.3 Å². The van der Waals surface area contributed by atoms with E-state index in [1.54, 1.807) is 12.1 Å². The van der Waals surface area contributed by atoms with Crippen LogP contribution >= 0.6 is 11.6 Å². The fourth-order valence-electron chi connectivity index (χ4n) is 2.33. The Morgan fingerprint density at radius 2 is 2.10 bits per heavy atom. The minimum atomic E-state index is -0.375. The van der Waals surface area contributed by atoms with Gasteiger partial charge in [0, 0.05) is 19.2 Å². The van der Waals surface area contributed by atoms with Gasteiger partial charge in [-0.05, 0) is 31.4 Å². The highest BCUT2D eigenvalue weighted by molar-refractivity contribution is 6.28. The van der Waals surface area contributed by atoms with Crippen LogP contribution in [0.25, 0.3) is 0 Å². The first-order chi connectivity index (χ1) is 9.61. The quantitative estimate of drug-likeness (QED) is 0.304. The lowest BCUT2D eigenvalue weighted by atomic mass is 10.1. The predicted molar refractivity (Wildman–Crippen MR) is 81.2 cm³/mol. The van der Waals surface area contributed by atoms with Crippen molar-refractivity contribution >= 4 is 34.5 Å². The predicted octanol–water partition coefficient (Wildman–Crippen LogP) is 2.81. The number of amidine groups is 1. The van der Waals surface area contributed by atoms with Crippen molar-refractivity contribution in [2.75, 3.05) is 23.9 Å². The largest absolute Gasteiger partial charge is 0.386 e. The minimum absolute atomic E-state index is 0.0653. The minimum Gasteiger partial charge on any atom is -0.386 e. The maximum Gasteiger partial charge on any atom is 0.294 e. The number of anilines is 1. The number of hydrogen-bond acceptors (Lipinski definition) is 4. The number of rotatable bonds is 4. The molecule has 1 fully saturated rings. The molecule has 0 atom stereocenters. The van der Waals surface area contributed by atoms with Crippen molar-refractivity contribution in [3.05, 3.63) is 28.3 Å². The molecule has 1 aromatic carbocycles. The third-order valence-electron chi connectivity index (χ3n) is 3.26. The van der Waals surface area contributed by atoms with Gasteiger partial charge in [0.05, 0.1) is 16.5 Å². The Hall–Kier alpha value is -1.82. The van der Waals surface area contributed by atoms with Crippen LogP contribution in [0, 0.1) is 10.1 Å². The third-order valence-corrected chi connectivity index (χ3v) is 3.54. The van der Waals surface area contributed by atoms with Crippen LogP contribution in [0.4, 0.5) is 17.1 Å². The molecule has 2 rings (SSSR count). The Morgan fingerprint density at radius 1 is 1.40 bits per heavy atom. The lowest BCUT2D eigenvalue weighted by Crippen LogP contribution is -2.29. The fraction of sp³-hybridized carbons (Fsp3) is 0.462. The molecular formula is C13H17ClN4O2. The van der Waals surface area contributed by atoms with Gasteiger partial charge < -0.3 is 10.6 Å². The molecule has 0 aromatic heterocycles. The average Bonchev–Trinajstić information content (AvgIpc) is 2.48. The Kier molecular flexibility index (Phi) is 4.79. The Balaban J connectivity index is 2.35. The zero-order valence-electron chi connectivity index (χ0n) is 11.1. The maximum absolute atomic E-state index is 11.2. The lowest BCUT2D eigenvalue weighted by molar-refractivity contribution is -0.384. The molecule has 0 bridgehead atoms. The molecule has 0 aliphatic carbocycles. The van der Waals surface area contributed by atoms with Gasteiger partial charge in [0.1, 0.15) is 11.5 Å². The number of benzene rings is 1. The average molecular weight is 297 g/mol. The van der Waals surface area contributed by atoms with Crippen LogP contribution in [-0.4, -0.2) is 29.7 Å². The van der Waals surface area contributed by atoms with Crippen molar-refractivity contribution in [1.82, 2.24) is 0 Å². The van der Waals surface area contributed by atoms with Gasteiger partial charge in [-0.2, -0.15) is 0 Å². The zero-order valence-corrected chi connectivity index (χ0v) is 11.8. The number of halogens is 1. The van der Waals surface area contributed by atoms with E-state index in [2.05, 4.69) is 9.89 Å². The van der Waals surface area contributed by atoms with Gasteiger partial charge in [-0.25, -0.2) is 4.99 Å². The molecular weight excluding hydrogens is 280 g/mol. The molecule has 1 aromatic rings. The molecule has 108 valence electrons. The molecule has 2 N–H and O–H groups in total. The van der Waals surface area contributed by atoms with E-state index in [1.165, 1.54) is 12.5 Å². The first kappa shape index (κ1) is 14.6. The van der Waals surface area contributed by atoms with Crippen molar-refractivity contribution in [2.45, 2.75) is 19.3 Å². The normalized spacial score (nSPS) is 16.2. The van der Waals surface area contributed by atoms with E-state index in [-0.39, 0.29) is 22.3 Å². The van der Waals surface area contributed by atoms with E-state index in [9.17, 15) is 10.1 Å². The molecule has 1 aliphatic heterocycles. The molecule has 1 heterocycles. The summed E-state index contributed by atoms with van der Waals surface area (Å²) >= 11 is 5.56. The van der Waals surface area contributed by atoms with E-state index >= 15 is 0 Å². The second-order valence-corrected chi connectivity index (χ2v) is 4.98. The summed E-state index contributed by atoms with van der Waals surface area (Å²) in [5.41, 5.74) is 6.72. The summed E-state index contributed by atoms with van der Waals surface area (Å²) in [6.07, 6.45) is 3.31. The number of aliphatic imine (C=N–C) groups is 1. The van der Waals surface area contributed by atoms with E-state index in [0.29, 0.717) is 11.4 Å². The monoisotopic (exact) mass is 296 g/mol. The Labute approximate surface area is 122 Å². The molecule has 0 unspecified atom stereocenters. The number of piperidine rings is 1. The zero-order chi connectivity index (χ0) is 14.5. The summed E-state index contributed by atoms with van der Waals surface area (Å²) in [6, 6.07) is 4.92. The van der Waals surface area contributed by atoms with Gasteiger partial charge in [0.15, 0.2) is 0 Å². The highest BCUT2D eigenvalue weighted by atomic mass is 35.5. The van der Waals surface area contributed by atoms with Crippen LogP contribution in [0.5, 0.6) is 0 Å². The van der Waals surface area contributed by atoms with Crippen molar-refractivity contribution in [1.29, 1.82) is 0 Å². The molecule has 0 saturated carbocycles. The molecule has 7 heteroatoms. The van der Waals surface area contributed by atoms with Gasteiger partial charge in [-0.3, -0.25) is 10.1 Å². The summed E-state index contributed by atoms with van der Waals surface area (Å²) in [4.78, 5) is 17.0. The SMILES string of the molecule is NC(CCl)=Nc1ccc(N2CCCCC2)c([N+](=O)[O-])c1. The summed E-state index contributed by atoms with van der Waals surface area (Å²) < 4.78 is 0. The van der Waals surface area contributed by atoms with Crippen LogP contribution in [0.3, 0.4) is 0 Å². The Bertz CT molecular complexity index is 527. The second kappa shape index (κ2) is 6.56. The topological polar surface area (TPSA) is 84.8 Å². The number of nitro benzene ring substituents is 1. The van der Waals surface area contributed by atoms with Gasteiger partial charge >= 0.3 is 0 Å².